The molecule has 1 atom stereocenters. The van der Waals surface area contributed by atoms with Crippen molar-refractivity contribution in [2.45, 2.75) is 25.8 Å². The van der Waals surface area contributed by atoms with E-state index in [4.69, 9.17) is 11.6 Å². The molecule has 0 bridgehead atoms. The Hall–Kier alpha value is -2.33. The second-order valence-corrected chi connectivity index (χ2v) is 5.94. The first-order valence-corrected chi connectivity index (χ1v) is 7.94. The average molecular weight is 329 g/mol. The number of nitrogens with zero attached hydrogens (tertiary/aromatic N) is 1. The van der Waals surface area contributed by atoms with Crippen molar-refractivity contribution in [3.8, 4) is 0 Å². The molecule has 0 spiro atoms. The molecule has 1 aliphatic heterocycles. The zero-order valence-electron chi connectivity index (χ0n) is 12.8. The number of amides is 2. The van der Waals surface area contributed by atoms with E-state index in [1.54, 1.807) is 24.3 Å². The number of aryl methyl sites for hydroxylation is 1. The van der Waals surface area contributed by atoms with Crippen LogP contribution in [0.4, 0.5) is 11.4 Å². The van der Waals surface area contributed by atoms with E-state index in [2.05, 4.69) is 12.2 Å². The minimum absolute atomic E-state index is 0.140. The van der Waals surface area contributed by atoms with Crippen LogP contribution in [0.3, 0.4) is 0 Å². The second-order valence-electron chi connectivity index (χ2n) is 5.50. The zero-order valence-corrected chi connectivity index (χ0v) is 13.5. The summed E-state index contributed by atoms with van der Waals surface area (Å²) in [7, 11) is 0. The predicted octanol–water partition coefficient (Wildman–Crippen LogP) is 3.65. The van der Waals surface area contributed by atoms with Gasteiger partial charge >= 0.3 is 0 Å². The lowest BCUT2D eigenvalue weighted by molar-refractivity contribution is -0.121. The highest BCUT2D eigenvalue weighted by Crippen LogP contribution is 2.27. The molecule has 1 saturated heterocycles. The summed E-state index contributed by atoms with van der Waals surface area (Å²) in [6.07, 6.45) is 1.10. The maximum Gasteiger partial charge on any atom is 0.256 e. The van der Waals surface area contributed by atoms with Gasteiger partial charge in [-0.2, -0.15) is 0 Å². The third-order valence-corrected chi connectivity index (χ3v) is 4.15. The molecular weight excluding hydrogens is 312 g/mol. The fourth-order valence-corrected chi connectivity index (χ4v) is 2.85. The summed E-state index contributed by atoms with van der Waals surface area (Å²) in [6.45, 7) is 2.09. The van der Waals surface area contributed by atoms with Crippen LogP contribution >= 0.6 is 11.6 Å². The Kier molecular flexibility index (Phi) is 4.35. The standard InChI is InChI=1S/C18H17ClN2O2/c1-2-12-6-8-14(9-7-12)20-16-11-17(22)21(18(16)23)15-5-3-4-13(19)10-15/h3-10,16,20H,2,11H2,1H3. The number of carbonyl (C=O) groups excluding carboxylic acids is 2. The molecule has 2 aromatic carbocycles. The highest BCUT2D eigenvalue weighted by atomic mass is 35.5. The maximum atomic E-state index is 12.6. The van der Waals surface area contributed by atoms with Gasteiger partial charge in [0.1, 0.15) is 6.04 Å². The molecule has 0 aliphatic carbocycles. The van der Waals surface area contributed by atoms with E-state index in [1.165, 1.54) is 10.5 Å². The van der Waals surface area contributed by atoms with Gasteiger partial charge in [0.25, 0.3) is 5.91 Å². The molecule has 118 valence electrons. The number of imide groups is 1. The van der Waals surface area contributed by atoms with Crippen LogP contribution in [-0.2, 0) is 16.0 Å². The van der Waals surface area contributed by atoms with Crippen molar-refractivity contribution in [2.24, 2.45) is 0 Å². The molecule has 2 aromatic rings. The minimum Gasteiger partial charge on any atom is -0.373 e. The number of benzene rings is 2. The molecule has 0 radical (unpaired) electrons. The number of anilines is 2. The van der Waals surface area contributed by atoms with Crippen molar-refractivity contribution < 1.29 is 9.59 Å². The molecule has 4 nitrogen and oxygen atoms in total. The highest BCUT2D eigenvalue weighted by Gasteiger charge is 2.39. The van der Waals surface area contributed by atoms with Crippen LogP contribution in [0.25, 0.3) is 0 Å². The Labute approximate surface area is 140 Å². The van der Waals surface area contributed by atoms with Crippen molar-refractivity contribution >= 4 is 34.8 Å². The molecule has 1 fully saturated rings. The van der Waals surface area contributed by atoms with Crippen LogP contribution in [0.1, 0.15) is 18.9 Å². The second kappa shape index (κ2) is 6.42. The average Bonchev–Trinajstić information content (AvgIpc) is 2.82. The van der Waals surface area contributed by atoms with Gasteiger partial charge in [-0.25, -0.2) is 4.90 Å². The van der Waals surface area contributed by atoms with E-state index in [0.717, 1.165) is 12.1 Å². The first kappa shape index (κ1) is 15.6. The third kappa shape index (κ3) is 3.22. The Morgan fingerprint density at radius 1 is 1.17 bits per heavy atom. The summed E-state index contributed by atoms with van der Waals surface area (Å²) < 4.78 is 0. The number of hydrogen-bond acceptors (Lipinski definition) is 3. The maximum absolute atomic E-state index is 12.6. The molecule has 23 heavy (non-hydrogen) atoms. The lowest BCUT2D eigenvalue weighted by atomic mass is 10.1. The number of rotatable bonds is 4. The lowest BCUT2D eigenvalue weighted by Gasteiger charge is -2.16. The lowest BCUT2D eigenvalue weighted by Crippen LogP contribution is -2.34. The van der Waals surface area contributed by atoms with Gasteiger partial charge in [-0.05, 0) is 42.3 Å². The summed E-state index contributed by atoms with van der Waals surface area (Å²) in [5.41, 5.74) is 2.57. The van der Waals surface area contributed by atoms with E-state index in [9.17, 15) is 9.59 Å². The van der Waals surface area contributed by atoms with Crippen molar-refractivity contribution in [3.63, 3.8) is 0 Å². The highest BCUT2D eigenvalue weighted by molar-refractivity contribution is 6.31. The molecule has 0 aromatic heterocycles. The molecule has 5 heteroatoms. The topological polar surface area (TPSA) is 49.4 Å². The minimum atomic E-state index is -0.547. The van der Waals surface area contributed by atoms with Gasteiger partial charge in [-0.1, -0.05) is 36.7 Å². The molecule has 0 saturated carbocycles. The smallest absolute Gasteiger partial charge is 0.256 e. The van der Waals surface area contributed by atoms with Crippen LogP contribution in [0.15, 0.2) is 48.5 Å². The van der Waals surface area contributed by atoms with Crippen LogP contribution in [0.2, 0.25) is 5.02 Å². The quantitative estimate of drug-likeness (QED) is 0.872. The van der Waals surface area contributed by atoms with Gasteiger partial charge in [-0.15, -0.1) is 0 Å². The Balaban J connectivity index is 1.78. The van der Waals surface area contributed by atoms with Gasteiger partial charge in [0.15, 0.2) is 0 Å². The summed E-state index contributed by atoms with van der Waals surface area (Å²) in [6, 6.07) is 14.1. The summed E-state index contributed by atoms with van der Waals surface area (Å²) in [4.78, 5) is 26.0. The van der Waals surface area contributed by atoms with E-state index in [0.29, 0.717) is 10.7 Å². The van der Waals surface area contributed by atoms with Crippen molar-refractivity contribution in [3.05, 3.63) is 59.1 Å². The summed E-state index contributed by atoms with van der Waals surface area (Å²) in [5.74, 6) is -0.475. The van der Waals surface area contributed by atoms with Crippen molar-refractivity contribution in [1.82, 2.24) is 0 Å². The van der Waals surface area contributed by atoms with Gasteiger partial charge in [-0.3, -0.25) is 9.59 Å². The monoisotopic (exact) mass is 328 g/mol. The van der Waals surface area contributed by atoms with Crippen LogP contribution in [0, 0.1) is 0 Å². The van der Waals surface area contributed by atoms with Crippen LogP contribution in [0.5, 0.6) is 0 Å². The van der Waals surface area contributed by atoms with Crippen LogP contribution in [-0.4, -0.2) is 17.9 Å². The number of hydrogen-bond donors (Lipinski definition) is 1. The Morgan fingerprint density at radius 2 is 1.91 bits per heavy atom. The predicted molar refractivity (Wildman–Crippen MR) is 91.8 cm³/mol. The summed E-state index contributed by atoms with van der Waals surface area (Å²) >= 11 is 5.95. The normalized spacial score (nSPS) is 17.7. The van der Waals surface area contributed by atoms with E-state index in [1.807, 2.05) is 24.3 Å². The first-order chi connectivity index (χ1) is 11.1. The molecule has 2 amide bonds. The van der Waals surface area contributed by atoms with E-state index < -0.39 is 6.04 Å². The largest absolute Gasteiger partial charge is 0.373 e. The van der Waals surface area contributed by atoms with Gasteiger partial charge in [0.05, 0.1) is 12.1 Å². The molecular formula is C18H17ClN2O2. The molecule has 1 N–H and O–H groups in total. The first-order valence-electron chi connectivity index (χ1n) is 7.56. The molecule has 3 rings (SSSR count). The number of halogens is 1. The number of carbonyl (C=O) groups is 2. The van der Waals surface area contributed by atoms with E-state index in [-0.39, 0.29) is 18.2 Å². The Bertz CT molecular complexity index is 743. The van der Waals surface area contributed by atoms with Crippen molar-refractivity contribution in [1.29, 1.82) is 0 Å². The van der Waals surface area contributed by atoms with Crippen LogP contribution < -0.4 is 10.2 Å². The third-order valence-electron chi connectivity index (χ3n) is 3.92. The Morgan fingerprint density at radius 3 is 2.57 bits per heavy atom. The molecule has 1 unspecified atom stereocenters. The zero-order chi connectivity index (χ0) is 16.4. The fraction of sp³-hybridized carbons (Fsp3) is 0.222. The van der Waals surface area contributed by atoms with Gasteiger partial charge < -0.3 is 5.32 Å². The number of nitrogens with one attached hydrogen (secondary N) is 1. The SMILES string of the molecule is CCc1ccc(NC2CC(=O)N(c3cccc(Cl)c3)C2=O)cc1. The van der Waals surface area contributed by atoms with E-state index >= 15 is 0 Å². The van der Waals surface area contributed by atoms with Gasteiger partial charge in [0.2, 0.25) is 5.91 Å². The van der Waals surface area contributed by atoms with Crippen molar-refractivity contribution in [2.75, 3.05) is 10.2 Å². The molecule has 1 heterocycles. The van der Waals surface area contributed by atoms with Gasteiger partial charge in [0, 0.05) is 10.7 Å². The summed E-state index contributed by atoms with van der Waals surface area (Å²) in [5, 5.41) is 3.64. The molecule has 1 aliphatic rings. The fourth-order valence-electron chi connectivity index (χ4n) is 2.67.